The van der Waals surface area contributed by atoms with Crippen molar-refractivity contribution in [1.82, 2.24) is 15.5 Å². The molecule has 4 rings (SSSR count). The number of thioether (sulfide) groups is 1. The molecule has 232 valence electrons. The van der Waals surface area contributed by atoms with Crippen molar-refractivity contribution in [1.29, 1.82) is 0 Å². The number of hydrogen-bond acceptors (Lipinski definition) is 6. The lowest BCUT2D eigenvalue weighted by Crippen LogP contribution is -2.58. The largest absolute Gasteiger partial charge is 0.381 e. The molecular formula is C35H41N3O5S. The molecule has 3 amide bonds. The van der Waals surface area contributed by atoms with E-state index < -0.39 is 28.8 Å². The fourth-order valence-electron chi connectivity index (χ4n) is 5.41. The van der Waals surface area contributed by atoms with Crippen molar-refractivity contribution in [3.63, 3.8) is 0 Å². The molecule has 0 radical (unpaired) electrons. The van der Waals surface area contributed by atoms with E-state index >= 15 is 0 Å². The third kappa shape index (κ3) is 8.57. The highest BCUT2D eigenvalue weighted by molar-refractivity contribution is 8.00. The van der Waals surface area contributed by atoms with Gasteiger partial charge in [-0.25, -0.2) is 0 Å². The van der Waals surface area contributed by atoms with Crippen molar-refractivity contribution in [3.8, 4) is 0 Å². The molecule has 3 N–H and O–H groups in total. The number of Topliss-reactive ketones (excluding diaryl/α,β-unsaturated/α-hetero) is 1. The quantitative estimate of drug-likeness (QED) is 0.245. The Morgan fingerprint density at radius 2 is 1.57 bits per heavy atom. The average molecular weight is 616 g/mol. The Morgan fingerprint density at radius 1 is 0.932 bits per heavy atom. The molecular weight excluding hydrogens is 574 g/mol. The topological polar surface area (TPSA) is 116 Å². The molecule has 3 unspecified atom stereocenters. The number of hydrogen-bond donors (Lipinski definition) is 3. The van der Waals surface area contributed by atoms with Crippen LogP contribution in [0.15, 0.2) is 84.9 Å². The van der Waals surface area contributed by atoms with Crippen LogP contribution < -0.4 is 10.6 Å². The molecule has 0 spiro atoms. The number of rotatable bonds is 13. The number of carbonyl (C=O) groups excluding carboxylic acids is 4. The van der Waals surface area contributed by atoms with E-state index in [1.54, 1.807) is 24.3 Å². The number of aliphatic hydroxyl groups is 1. The maximum absolute atomic E-state index is 13.8. The zero-order valence-corrected chi connectivity index (χ0v) is 26.3. The Labute approximate surface area is 263 Å². The van der Waals surface area contributed by atoms with Crippen LogP contribution in [-0.4, -0.2) is 62.3 Å². The molecule has 1 saturated heterocycles. The smallest absolute Gasteiger partial charge is 0.254 e. The van der Waals surface area contributed by atoms with Crippen LogP contribution >= 0.6 is 11.8 Å². The SMILES string of the molecule is Cc1ccccc1CNC(=O)C1N(C(=O)C(O)C(Cc2ccccc2)NC(=O)CCCC(=O)c2ccccc2)CSC1(C)C. The Bertz CT molecular complexity index is 1450. The van der Waals surface area contributed by atoms with Gasteiger partial charge >= 0.3 is 0 Å². The molecule has 0 aromatic heterocycles. The number of aryl methyl sites for hydroxylation is 1. The summed E-state index contributed by atoms with van der Waals surface area (Å²) in [6, 6.07) is 24.3. The van der Waals surface area contributed by atoms with E-state index in [1.165, 1.54) is 16.7 Å². The Morgan fingerprint density at radius 3 is 2.25 bits per heavy atom. The number of aliphatic hydroxyl groups excluding tert-OH is 1. The van der Waals surface area contributed by atoms with Gasteiger partial charge in [0.25, 0.3) is 5.91 Å². The second-order valence-corrected chi connectivity index (χ2v) is 13.3. The van der Waals surface area contributed by atoms with Crippen LogP contribution in [0.25, 0.3) is 0 Å². The molecule has 3 aromatic carbocycles. The third-order valence-corrected chi connectivity index (χ3v) is 9.35. The normalized spacial score (nSPS) is 17.0. The van der Waals surface area contributed by atoms with Crippen LogP contribution in [0.2, 0.25) is 0 Å². The highest BCUT2D eigenvalue weighted by Crippen LogP contribution is 2.40. The van der Waals surface area contributed by atoms with E-state index in [-0.39, 0.29) is 42.7 Å². The first-order valence-electron chi connectivity index (χ1n) is 14.9. The van der Waals surface area contributed by atoms with Gasteiger partial charge in [0, 0.05) is 29.7 Å². The summed E-state index contributed by atoms with van der Waals surface area (Å²) in [6.07, 6.45) is -0.743. The van der Waals surface area contributed by atoms with Gasteiger partial charge in [-0.15, -0.1) is 11.8 Å². The summed E-state index contributed by atoms with van der Waals surface area (Å²) < 4.78 is -0.589. The Hall–Kier alpha value is -3.95. The van der Waals surface area contributed by atoms with Gasteiger partial charge in [-0.3, -0.25) is 19.2 Å². The minimum absolute atomic E-state index is 0.0460. The first-order chi connectivity index (χ1) is 21.1. The van der Waals surface area contributed by atoms with Crippen LogP contribution in [0.4, 0.5) is 0 Å². The van der Waals surface area contributed by atoms with Crippen molar-refractivity contribution < 1.29 is 24.3 Å². The van der Waals surface area contributed by atoms with Gasteiger partial charge in [0.15, 0.2) is 11.9 Å². The molecule has 0 saturated carbocycles. The van der Waals surface area contributed by atoms with E-state index in [1.807, 2.05) is 81.4 Å². The van der Waals surface area contributed by atoms with Gasteiger partial charge in [-0.05, 0) is 50.3 Å². The highest BCUT2D eigenvalue weighted by Gasteiger charge is 2.49. The van der Waals surface area contributed by atoms with Crippen LogP contribution in [-0.2, 0) is 27.3 Å². The number of benzene rings is 3. The Kier molecular flexibility index (Phi) is 11.4. The second-order valence-electron chi connectivity index (χ2n) is 11.7. The van der Waals surface area contributed by atoms with E-state index in [9.17, 15) is 24.3 Å². The number of nitrogens with one attached hydrogen (secondary N) is 2. The maximum atomic E-state index is 13.8. The fraction of sp³-hybridized carbons (Fsp3) is 0.371. The lowest BCUT2D eigenvalue weighted by atomic mass is 9.96. The summed E-state index contributed by atoms with van der Waals surface area (Å²) in [5.74, 6) is -1.08. The van der Waals surface area contributed by atoms with Crippen LogP contribution in [0.1, 0.15) is 60.2 Å². The lowest BCUT2D eigenvalue weighted by molar-refractivity contribution is -0.147. The average Bonchev–Trinajstić information content (AvgIpc) is 3.35. The maximum Gasteiger partial charge on any atom is 0.254 e. The van der Waals surface area contributed by atoms with Crippen LogP contribution in [0.3, 0.4) is 0 Å². The molecule has 3 aromatic rings. The summed E-state index contributed by atoms with van der Waals surface area (Å²) in [5, 5.41) is 17.3. The van der Waals surface area contributed by atoms with Crippen LogP contribution in [0.5, 0.6) is 0 Å². The van der Waals surface area contributed by atoms with Gasteiger partial charge in [0.2, 0.25) is 11.8 Å². The van der Waals surface area contributed by atoms with Crippen molar-refractivity contribution in [2.24, 2.45) is 0 Å². The van der Waals surface area contributed by atoms with Crippen molar-refractivity contribution in [2.75, 3.05) is 5.88 Å². The molecule has 1 heterocycles. The molecule has 0 bridgehead atoms. The van der Waals surface area contributed by atoms with Crippen molar-refractivity contribution in [2.45, 2.75) is 75.9 Å². The number of nitrogens with zero attached hydrogens (tertiary/aromatic N) is 1. The highest BCUT2D eigenvalue weighted by atomic mass is 32.2. The first kappa shape index (κ1) is 33.0. The molecule has 9 heteroatoms. The van der Waals surface area contributed by atoms with Gasteiger partial charge in [0.05, 0.1) is 11.9 Å². The molecule has 0 aliphatic carbocycles. The summed E-state index contributed by atoms with van der Waals surface area (Å²) >= 11 is 1.47. The summed E-state index contributed by atoms with van der Waals surface area (Å²) in [4.78, 5) is 54.2. The van der Waals surface area contributed by atoms with Gasteiger partial charge < -0.3 is 20.6 Å². The predicted molar refractivity (Wildman–Crippen MR) is 173 cm³/mol. The number of carbonyl (C=O) groups is 4. The van der Waals surface area contributed by atoms with Crippen molar-refractivity contribution in [3.05, 3.63) is 107 Å². The summed E-state index contributed by atoms with van der Waals surface area (Å²) in [6.45, 7) is 6.13. The molecule has 1 fully saturated rings. The molecule has 1 aliphatic rings. The third-order valence-electron chi connectivity index (χ3n) is 7.97. The summed E-state index contributed by atoms with van der Waals surface area (Å²) in [7, 11) is 0. The number of amides is 3. The summed E-state index contributed by atoms with van der Waals surface area (Å²) in [5.41, 5.74) is 3.48. The monoisotopic (exact) mass is 615 g/mol. The van der Waals surface area contributed by atoms with Crippen molar-refractivity contribution >= 4 is 35.3 Å². The van der Waals surface area contributed by atoms with Crippen LogP contribution in [0, 0.1) is 6.92 Å². The Balaban J connectivity index is 1.44. The second kappa shape index (κ2) is 15.2. The van der Waals surface area contributed by atoms with E-state index in [4.69, 9.17) is 0 Å². The molecule has 3 atom stereocenters. The zero-order valence-electron chi connectivity index (χ0n) is 25.5. The molecule has 44 heavy (non-hydrogen) atoms. The predicted octanol–water partition coefficient (Wildman–Crippen LogP) is 4.43. The fourth-order valence-corrected chi connectivity index (χ4v) is 6.55. The molecule has 8 nitrogen and oxygen atoms in total. The minimum Gasteiger partial charge on any atom is -0.381 e. The van der Waals surface area contributed by atoms with E-state index in [2.05, 4.69) is 10.6 Å². The van der Waals surface area contributed by atoms with E-state index in [0.29, 0.717) is 18.5 Å². The number of ketones is 1. The van der Waals surface area contributed by atoms with Gasteiger partial charge in [0.1, 0.15) is 6.04 Å². The molecule has 1 aliphatic heterocycles. The standard InChI is InChI=1S/C35H41N3O5S/c1-24-13-10-11-18-27(24)22-36-33(42)32-35(2,3)44-23-38(32)34(43)31(41)28(21-25-14-6-4-7-15-25)37-30(40)20-12-19-29(39)26-16-8-5-9-17-26/h4-11,13-18,28,31-32,41H,12,19-23H2,1-3H3,(H,36,42)(H,37,40). The first-order valence-corrected chi connectivity index (χ1v) is 15.9. The zero-order chi connectivity index (χ0) is 31.7. The van der Waals surface area contributed by atoms with E-state index in [0.717, 1.165) is 16.7 Å². The minimum atomic E-state index is -1.58. The lowest BCUT2D eigenvalue weighted by Gasteiger charge is -2.33. The van der Waals surface area contributed by atoms with Gasteiger partial charge in [-0.2, -0.15) is 0 Å². The van der Waals surface area contributed by atoms with Gasteiger partial charge in [-0.1, -0.05) is 84.9 Å².